The number of hydrogen-bond acceptors (Lipinski definition) is 1. The molecule has 156 valence electrons. The summed E-state index contributed by atoms with van der Waals surface area (Å²) in [5.74, 6) is 0. The second kappa shape index (κ2) is 7.97. The Bertz CT molecular complexity index is 1370. The lowest BCUT2D eigenvalue weighted by atomic mass is 9.96. The van der Waals surface area contributed by atoms with Crippen molar-refractivity contribution in [3.63, 3.8) is 0 Å². The fourth-order valence-corrected chi connectivity index (χ4v) is 3.85. The summed E-state index contributed by atoms with van der Waals surface area (Å²) < 4.78 is 38.6. The normalized spacial score (nSPS) is 11.6. The third-order valence-electron chi connectivity index (χ3n) is 5.60. The number of hydrogen-bond donors (Lipinski definition) is 0. The summed E-state index contributed by atoms with van der Waals surface area (Å²) >= 11 is 0. The maximum atomic E-state index is 12.9. The maximum Gasteiger partial charge on any atom is 0.416 e. The molecule has 0 spiro atoms. The maximum absolute atomic E-state index is 12.9. The second-order valence-electron chi connectivity index (χ2n) is 7.67. The topological polar surface area (TPSA) is 12.9 Å². The van der Waals surface area contributed by atoms with Gasteiger partial charge in [-0.3, -0.25) is 4.98 Å². The average Bonchev–Trinajstić information content (AvgIpc) is 2.83. The smallest absolute Gasteiger partial charge is 0.264 e. The van der Waals surface area contributed by atoms with Crippen molar-refractivity contribution in [2.45, 2.75) is 6.18 Å². The Morgan fingerprint density at radius 3 is 1.50 bits per heavy atom. The molecule has 32 heavy (non-hydrogen) atoms. The van der Waals surface area contributed by atoms with Crippen LogP contribution < -0.4 is 0 Å². The number of halogens is 3. The zero-order valence-electron chi connectivity index (χ0n) is 17.0. The third kappa shape index (κ3) is 4.00. The van der Waals surface area contributed by atoms with E-state index in [1.54, 1.807) is 6.20 Å². The van der Waals surface area contributed by atoms with E-state index in [9.17, 15) is 13.2 Å². The molecule has 1 heterocycles. The molecule has 0 amide bonds. The number of rotatable bonds is 3. The molecule has 0 saturated heterocycles. The van der Waals surface area contributed by atoms with Gasteiger partial charge >= 0.3 is 6.18 Å². The van der Waals surface area contributed by atoms with Crippen molar-refractivity contribution in [1.29, 1.82) is 0 Å². The number of benzene rings is 4. The van der Waals surface area contributed by atoms with Crippen molar-refractivity contribution in [1.82, 2.24) is 4.98 Å². The van der Waals surface area contributed by atoms with Crippen LogP contribution in [0.3, 0.4) is 0 Å². The van der Waals surface area contributed by atoms with Gasteiger partial charge in [-0.25, -0.2) is 0 Å². The molecule has 0 bridgehead atoms. The Labute approximate surface area is 183 Å². The highest BCUT2D eigenvalue weighted by molar-refractivity contribution is 5.91. The van der Waals surface area contributed by atoms with Crippen molar-refractivity contribution in [2.75, 3.05) is 0 Å². The average molecular weight is 425 g/mol. The zero-order chi connectivity index (χ0) is 22.1. The number of aromatic nitrogens is 1. The second-order valence-corrected chi connectivity index (χ2v) is 7.67. The van der Waals surface area contributed by atoms with Gasteiger partial charge in [0.1, 0.15) is 0 Å². The van der Waals surface area contributed by atoms with Crippen molar-refractivity contribution in [3.8, 4) is 33.4 Å². The Morgan fingerprint density at radius 2 is 1.00 bits per heavy atom. The monoisotopic (exact) mass is 425 g/mol. The number of alkyl halides is 3. The van der Waals surface area contributed by atoms with Gasteiger partial charge in [0.2, 0.25) is 0 Å². The van der Waals surface area contributed by atoms with Gasteiger partial charge in [-0.1, -0.05) is 66.7 Å². The standard InChI is InChI=1S/C28H18F3N/c29-28(30,31)27-13-11-20(12-14-27)24-10-8-22-7-9-23(16-26(22)17-24)19-3-5-21(6-4-19)25-2-1-15-32-18-25/h1-18H. The molecular formula is C28H18F3N. The molecule has 0 unspecified atom stereocenters. The Morgan fingerprint density at radius 1 is 0.500 bits per heavy atom. The van der Waals surface area contributed by atoms with Crippen LogP contribution in [0.5, 0.6) is 0 Å². The molecule has 0 radical (unpaired) electrons. The van der Waals surface area contributed by atoms with Gasteiger partial charge < -0.3 is 0 Å². The van der Waals surface area contributed by atoms with Crippen LogP contribution in [0.25, 0.3) is 44.2 Å². The molecule has 5 rings (SSSR count). The molecule has 0 saturated carbocycles. The molecule has 0 aliphatic carbocycles. The lowest BCUT2D eigenvalue weighted by Crippen LogP contribution is -2.03. The van der Waals surface area contributed by atoms with Crippen LogP contribution in [0, 0.1) is 0 Å². The third-order valence-corrected chi connectivity index (χ3v) is 5.60. The molecule has 0 N–H and O–H groups in total. The fraction of sp³-hybridized carbons (Fsp3) is 0.0357. The lowest BCUT2D eigenvalue weighted by molar-refractivity contribution is -0.137. The van der Waals surface area contributed by atoms with Gasteiger partial charge in [0, 0.05) is 12.4 Å². The molecule has 0 atom stereocenters. The van der Waals surface area contributed by atoms with E-state index in [-0.39, 0.29) is 0 Å². The van der Waals surface area contributed by atoms with Crippen molar-refractivity contribution in [3.05, 3.63) is 115 Å². The summed E-state index contributed by atoms with van der Waals surface area (Å²) in [6, 6.07) is 29.8. The summed E-state index contributed by atoms with van der Waals surface area (Å²) in [5, 5.41) is 2.12. The van der Waals surface area contributed by atoms with Crippen LogP contribution in [0.2, 0.25) is 0 Å². The highest BCUT2D eigenvalue weighted by Gasteiger charge is 2.29. The highest BCUT2D eigenvalue weighted by Crippen LogP contribution is 2.33. The molecule has 5 aromatic rings. The Kier molecular flexibility index (Phi) is 4.98. The Hall–Kier alpha value is -3.92. The van der Waals surface area contributed by atoms with E-state index in [0.29, 0.717) is 0 Å². The first-order valence-electron chi connectivity index (χ1n) is 10.2. The van der Waals surface area contributed by atoms with E-state index in [1.165, 1.54) is 12.1 Å². The van der Waals surface area contributed by atoms with Crippen LogP contribution in [-0.2, 0) is 6.18 Å². The molecule has 1 aromatic heterocycles. The molecule has 4 heteroatoms. The number of fused-ring (bicyclic) bond motifs is 1. The molecule has 4 aromatic carbocycles. The lowest BCUT2D eigenvalue weighted by Gasteiger charge is -2.10. The molecule has 1 nitrogen and oxygen atoms in total. The minimum absolute atomic E-state index is 0.640. The van der Waals surface area contributed by atoms with E-state index >= 15 is 0 Å². The number of nitrogens with zero attached hydrogens (tertiary/aromatic N) is 1. The first kappa shape index (κ1) is 20.0. The predicted octanol–water partition coefficient (Wildman–Crippen LogP) is 8.25. The minimum Gasteiger partial charge on any atom is -0.264 e. The van der Waals surface area contributed by atoms with Gasteiger partial charge in [-0.15, -0.1) is 0 Å². The molecular weight excluding hydrogens is 407 g/mol. The summed E-state index contributed by atoms with van der Waals surface area (Å²) in [6.45, 7) is 0. The van der Waals surface area contributed by atoms with Crippen molar-refractivity contribution in [2.24, 2.45) is 0 Å². The van der Waals surface area contributed by atoms with E-state index in [2.05, 4.69) is 47.4 Å². The van der Waals surface area contributed by atoms with Gasteiger partial charge in [0.25, 0.3) is 0 Å². The van der Waals surface area contributed by atoms with Crippen LogP contribution in [0.4, 0.5) is 13.2 Å². The predicted molar refractivity (Wildman–Crippen MR) is 123 cm³/mol. The van der Waals surface area contributed by atoms with Gasteiger partial charge in [0.15, 0.2) is 0 Å². The highest BCUT2D eigenvalue weighted by atomic mass is 19.4. The molecule has 0 fully saturated rings. The van der Waals surface area contributed by atoms with E-state index in [0.717, 1.165) is 56.3 Å². The van der Waals surface area contributed by atoms with Crippen LogP contribution in [0.1, 0.15) is 5.56 Å². The van der Waals surface area contributed by atoms with E-state index < -0.39 is 11.7 Å². The summed E-state index contributed by atoms with van der Waals surface area (Å²) in [7, 11) is 0. The summed E-state index contributed by atoms with van der Waals surface area (Å²) in [5.41, 5.74) is 5.35. The SMILES string of the molecule is FC(F)(F)c1ccc(-c2ccc3ccc(-c4ccc(-c5cccnc5)cc4)cc3c2)cc1. The summed E-state index contributed by atoms with van der Waals surface area (Å²) in [6.07, 6.45) is -0.733. The van der Waals surface area contributed by atoms with E-state index in [1.807, 2.05) is 36.5 Å². The van der Waals surface area contributed by atoms with Crippen molar-refractivity contribution < 1.29 is 13.2 Å². The molecule has 0 aliphatic heterocycles. The largest absolute Gasteiger partial charge is 0.416 e. The van der Waals surface area contributed by atoms with Crippen LogP contribution >= 0.6 is 0 Å². The minimum atomic E-state index is -4.33. The van der Waals surface area contributed by atoms with Crippen LogP contribution in [0.15, 0.2) is 109 Å². The zero-order valence-corrected chi connectivity index (χ0v) is 17.0. The van der Waals surface area contributed by atoms with Crippen LogP contribution in [-0.4, -0.2) is 4.98 Å². The first-order chi connectivity index (χ1) is 15.5. The Balaban J connectivity index is 1.47. The van der Waals surface area contributed by atoms with Gasteiger partial charge in [0.05, 0.1) is 5.56 Å². The summed E-state index contributed by atoms with van der Waals surface area (Å²) in [4.78, 5) is 4.17. The van der Waals surface area contributed by atoms with Gasteiger partial charge in [-0.05, 0) is 74.5 Å². The van der Waals surface area contributed by atoms with Gasteiger partial charge in [-0.2, -0.15) is 13.2 Å². The van der Waals surface area contributed by atoms with E-state index in [4.69, 9.17) is 0 Å². The fourth-order valence-electron chi connectivity index (χ4n) is 3.85. The number of pyridine rings is 1. The molecule has 0 aliphatic rings. The quantitative estimate of drug-likeness (QED) is 0.284. The first-order valence-corrected chi connectivity index (χ1v) is 10.2. The van der Waals surface area contributed by atoms with Crippen molar-refractivity contribution >= 4 is 10.8 Å².